The van der Waals surface area contributed by atoms with Crippen LogP contribution in [0.25, 0.3) is 0 Å². The minimum atomic E-state index is -2.49. The third-order valence-corrected chi connectivity index (χ3v) is 4.18. The smallest absolute Gasteiger partial charge is 0.248 e. The summed E-state index contributed by atoms with van der Waals surface area (Å²) in [6, 6.07) is 2.02. The third kappa shape index (κ3) is 4.37. The lowest BCUT2D eigenvalue weighted by Crippen LogP contribution is -2.34. The van der Waals surface area contributed by atoms with Crippen LogP contribution < -0.4 is 10.1 Å². The van der Waals surface area contributed by atoms with Crippen LogP contribution in [0.1, 0.15) is 50.6 Å². The number of nitrogens with zero attached hydrogens (tertiary/aromatic N) is 1. The molecule has 2 rings (SSSR count). The molecule has 1 heterocycles. The lowest BCUT2D eigenvalue weighted by molar-refractivity contribution is -0.0497. The first kappa shape index (κ1) is 16.1. The maximum Gasteiger partial charge on any atom is 0.248 e. The predicted octanol–water partition coefficient (Wildman–Crippen LogP) is 3.96. The number of hydrogen-bond donors (Lipinski definition) is 1. The van der Waals surface area contributed by atoms with Crippen molar-refractivity contribution in [2.75, 3.05) is 13.7 Å². The van der Waals surface area contributed by atoms with Crippen molar-refractivity contribution in [3.8, 4) is 5.75 Å². The molecule has 1 N–H and O–H groups in total. The van der Waals surface area contributed by atoms with E-state index in [1.165, 1.54) is 0 Å². The molecule has 21 heavy (non-hydrogen) atoms. The van der Waals surface area contributed by atoms with Gasteiger partial charge in [0.2, 0.25) is 5.92 Å². The molecule has 118 valence electrons. The van der Waals surface area contributed by atoms with Gasteiger partial charge in [0.15, 0.2) is 0 Å². The number of rotatable bonds is 6. The van der Waals surface area contributed by atoms with Gasteiger partial charge in [0.05, 0.1) is 13.3 Å². The number of alkyl halides is 2. The van der Waals surface area contributed by atoms with E-state index in [4.69, 9.17) is 4.74 Å². The molecule has 0 radical (unpaired) electrons. The van der Waals surface area contributed by atoms with Crippen molar-refractivity contribution in [3.05, 3.63) is 24.0 Å². The van der Waals surface area contributed by atoms with Crippen LogP contribution >= 0.6 is 0 Å². The van der Waals surface area contributed by atoms with Crippen LogP contribution in [0, 0.1) is 5.92 Å². The summed E-state index contributed by atoms with van der Waals surface area (Å²) in [5.41, 5.74) is 1.03. The van der Waals surface area contributed by atoms with E-state index in [0.29, 0.717) is 18.6 Å². The second-order valence-corrected chi connectivity index (χ2v) is 5.78. The maximum atomic E-state index is 13.4. The topological polar surface area (TPSA) is 34.2 Å². The van der Waals surface area contributed by atoms with Gasteiger partial charge in [0, 0.05) is 25.1 Å². The number of nitrogens with one attached hydrogen (secondary N) is 1. The summed E-state index contributed by atoms with van der Waals surface area (Å²) in [6.45, 7) is 2.97. The van der Waals surface area contributed by atoms with Crippen molar-refractivity contribution >= 4 is 0 Å². The van der Waals surface area contributed by atoms with Crippen LogP contribution in [0.5, 0.6) is 5.75 Å². The van der Waals surface area contributed by atoms with Crippen LogP contribution in [-0.4, -0.2) is 24.6 Å². The first-order chi connectivity index (χ1) is 10.1. The molecule has 3 nitrogen and oxygen atoms in total. The minimum Gasteiger partial charge on any atom is -0.495 e. The zero-order valence-electron chi connectivity index (χ0n) is 12.7. The number of aromatic nitrogens is 1. The molecule has 1 atom stereocenters. The molecule has 1 aliphatic carbocycles. The summed E-state index contributed by atoms with van der Waals surface area (Å²) < 4.78 is 31.9. The summed E-state index contributed by atoms with van der Waals surface area (Å²) in [4.78, 5) is 4.19. The molecule has 0 spiro atoms. The normalized spacial score (nSPS) is 20.2. The Morgan fingerprint density at radius 1 is 1.38 bits per heavy atom. The summed E-state index contributed by atoms with van der Waals surface area (Å²) in [5.74, 6) is -1.56. The Labute approximate surface area is 125 Å². The monoisotopic (exact) mass is 298 g/mol. The quantitative estimate of drug-likeness (QED) is 0.863. The van der Waals surface area contributed by atoms with Gasteiger partial charge in [-0.25, -0.2) is 8.78 Å². The highest BCUT2D eigenvalue weighted by molar-refractivity contribution is 5.26. The fraction of sp³-hybridized carbons (Fsp3) is 0.688. The van der Waals surface area contributed by atoms with Gasteiger partial charge in [-0.3, -0.25) is 4.98 Å². The fourth-order valence-electron chi connectivity index (χ4n) is 2.97. The van der Waals surface area contributed by atoms with E-state index in [2.05, 4.69) is 17.2 Å². The Balaban J connectivity index is 2.13. The zero-order valence-corrected chi connectivity index (χ0v) is 12.7. The van der Waals surface area contributed by atoms with Crippen LogP contribution in [0.4, 0.5) is 8.78 Å². The Kier molecular flexibility index (Phi) is 5.51. The summed E-state index contributed by atoms with van der Waals surface area (Å²) in [7, 11) is 1.61. The molecule has 1 fully saturated rings. The van der Waals surface area contributed by atoms with Crippen molar-refractivity contribution in [1.29, 1.82) is 0 Å². The Bertz CT molecular complexity index is 444. The molecule has 5 heteroatoms. The number of methoxy groups -OCH3 is 1. The van der Waals surface area contributed by atoms with Crippen molar-refractivity contribution in [1.82, 2.24) is 10.3 Å². The van der Waals surface area contributed by atoms with Crippen molar-refractivity contribution < 1.29 is 13.5 Å². The standard InChI is InChI=1S/C16H24F2N2O/c1-3-8-20-15(12-4-6-16(17,18)7-5-12)13-9-14(21-2)11-19-10-13/h9-12,15,20H,3-8H2,1-2H3. The van der Waals surface area contributed by atoms with Crippen LogP contribution in [-0.2, 0) is 0 Å². The molecule has 0 aliphatic heterocycles. The highest BCUT2D eigenvalue weighted by atomic mass is 19.3. The first-order valence-corrected chi connectivity index (χ1v) is 7.66. The van der Waals surface area contributed by atoms with Crippen LogP contribution in [0.2, 0.25) is 0 Å². The Morgan fingerprint density at radius 3 is 2.71 bits per heavy atom. The van der Waals surface area contributed by atoms with Gasteiger partial charge in [-0.2, -0.15) is 0 Å². The summed E-state index contributed by atoms with van der Waals surface area (Å²) in [6.07, 6.45) is 5.55. The van der Waals surface area contributed by atoms with E-state index >= 15 is 0 Å². The second kappa shape index (κ2) is 7.16. The van der Waals surface area contributed by atoms with Crippen molar-refractivity contribution in [2.24, 2.45) is 5.92 Å². The second-order valence-electron chi connectivity index (χ2n) is 5.78. The molecule has 0 saturated heterocycles. The molecule has 1 aromatic rings. The average molecular weight is 298 g/mol. The molecule has 1 aliphatic rings. The van der Waals surface area contributed by atoms with E-state index in [1.807, 2.05) is 12.3 Å². The number of pyridine rings is 1. The van der Waals surface area contributed by atoms with E-state index in [1.54, 1.807) is 13.3 Å². The molecule has 0 bridgehead atoms. The van der Waals surface area contributed by atoms with Crippen LogP contribution in [0.3, 0.4) is 0 Å². The predicted molar refractivity (Wildman–Crippen MR) is 78.7 cm³/mol. The van der Waals surface area contributed by atoms with Gasteiger partial charge >= 0.3 is 0 Å². The van der Waals surface area contributed by atoms with Gasteiger partial charge in [-0.05, 0) is 43.4 Å². The first-order valence-electron chi connectivity index (χ1n) is 7.66. The molecule has 1 unspecified atom stereocenters. The number of hydrogen-bond acceptors (Lipinski definition) is 3. The van der Waals surface area contributed by atoms with Gasteiger partial charge in [0.25, 0.3) is 0 Å². The largest absolute Gasteiger partial charge is 0.495 e. The number of ether oxygens (including phenoxy) is 1. The van der Waals surface area contributed by atoms with E-state index in [-0.39, 0.29) is 24.8 Å². The Morgan fingerprint density at radius 2 is 2.10 bits per heavy atom. The van der Waals surface area contributed by atoms with Gasteiger partial charge in [0.1, 0.15) is 5.75 Å². The minimum absolute atomic E-state index is 0.0145. The summed E-state index contributed by atoms with van der Waals surface area (Å²) in [5, 5.41) is 3.49. The van der Waals surface area contributed by atoms with Crippen LogP contribution in [0.15, 0.2) is 18.5 Å². The van der Waals surface area contributed by atoms with E-state index in [0.717, 1.165) is 18.5 Å². The molecule has 1 saturated carbocycles. The van der Waals surface area contributed by atoms with Gasteiger partial charge in [-0.15, -0.1) is 0 Å². The lowest BCUT2D eigenvalue weighted by atomic mass is 9.80. The van der Waals surface area contributed by atoms with Crippen molar-refractivity contribution in [3.63, 3.8) is 0 Å². The lowest BCUT2D eigenvalue weighted by Gasteiger charge is -2.34. The molecule has 0 aromatic carbocycles. The van der Waals surface area contributed by atoms with Gasteiger partial charge in [-0.1, -0.05) is 6.92 Å². The summed E-state index contributed by atoms with van der Waals surface area (Å²) >= 11 is 0. The molecular formula is C16H24F2N2O. The molecule has 0 amide bonds. The van der Waals surface area contributed by atoms with E-state index in [9.17, 15) is 8.78 Å². The van der Waals surface area contributed by atoms with Crippen molar-refractivity contribution in [2.45, 2.75) is 51.0 Å². The Hall–Kier alpha value is -1.23. The number of halogens is 2. The zero-order chi connectivity index (χ0) is 15.3. The third-order valence-electron chi connectivity index (χ3n) is 4.18. The van der Waals surface area contributed by atoms with Gasteiger partial charge < -0.3 is 10.1 Å². The molecule has 1 aromatic heterocycles. The molecular weight excluding hydrogens is 274 g/mol. The fourth-order valence-corrected chi connectivity index (χ4v) is 2.97. The maximum absolute atomic E-state index is 13.4. The van der Waals surface area contributed by atoms with E-state index < -0.39 is 5.92 Å². The SMILES string of the molecule is CCCNC(c1cncc(OC)c1)C1CCC(F)(F)CC1. The highest BCUT2D eigenvalue weighted by Gasteiger charge is 2.38. The highest BCUT2D eigenvalue weighted by Crippen LogP contribution is 2.41. The average Bonchev–Trinajstić information content (AvgIpc) is 2.49.